The van der Waals surface area contributed by atoms with Crippen LogP contribution in [0.4, 0.5) is 5.69 Å². The molecule has 0 aliphatic carbocycles. The lowest BCUT2D eigenvalue weighted by atomic mass is 10.1. The van der Waals surface area contributed by atoms with Crippen molar-refractivity contribution in [2.75, 3.05) is 26.0 Å². The van der Waals surface area contributed by atoms with Crippen LogP contribution >= 0.6 is 12.2 Å². The summed E-state index contributed by atoms with van der Waals surface area (Å²) in [5.74, 6) is 0. The van der Waals surface area contributed by atoms with E-state index in [4.69, 9.17) is 12.2 Å². The third-order valence-electron chi connectivity index (χ3n) is 3.54. The Bertz CT molecular complexity index is 611. The highest BCUT2D eigenvalue weighted by Gasteiger charge is 2.13. The van der Waals surface area contributed by atoms with E-state index in [-0.39, 0.29) is 6.04 Å². The molecule has 0 unspecified atom stereocenters. The predicted molar refractivity (Wildman–Crippen MR) is 98.3 cm³/mol. The molecule has 3 nitrogen and oxygen atoms in total. The van der Waals surface area contributed by atoms with E-state index < -0.39 is 0 Å². The zero-order valence-electron chi connectivity index (χ0n) is 13.3. The minimum atomic E-state index is 0.276. The normalized spacial score (nSPS) is 12.0. The zero-order valence-corrected chi connectivity index (χ0v) is 14.2. The van der Waals surface area contributed by atoms with Crippen LogP contribution in [-0.4, -0.2) is 30.7 Å². The standard InChI is InChI=1S/C18H23N3S/c1-14-8-7-11-16(12-14)20-18(22)19-13-17(21(2)3)15-9-5-4-6-10-15/h4-12,17H,13H2,1-3H3,(H2,19,20,22)/t17-/m1/s1. The van der Waals surface area contributed by atoms with Gasteiger partial charge in [0.25, 0.3) is 0 Å². The number of nitrogens with zero attached hydrogens (tertiary/aromatic N) is 1. The topological polar surface area (TPSA) is 27.3 Å². The highest BCUT2D eigenvalue weighted by Crippen LogP contribution is 2.16. The maximum absolute atomic E-state index is 5.39. The molecule has 2 aromatic carbocycles. The first-order valence-corrected chi connectivity index (χ1v) is 7.80. The molecule has 0 aliphatic rings. The summed E-state index contributed by atoms with van der Waals surface area (Å²) in [6.45, 7) is 2.83. The number of aryl methyl sites for hydroxylation is 1. The maximum atomic E-state index is 5.39. The van der Waals surface area contributed by atoms with E-state index in [2.05, 4.69) is 73.0 Å². The SMILES string of the molecule is Cc1cccc(NC(=S)NC[C@H](c2ccccc2)N(C)C)c1. The summed E-state index contributed by atoms with van der Waals surface area (Å²) in [6.07, 6.45) is 0. The van der Waals surface area contributed by atoms with Crippen molar-refractivity contribution in [1.29, 1.82) is 0 Å². The van der Waals surface area contributed by atoms with E-state index >= 15 is 0 Å². The minimum absolute atomic E-state index is 0.276. The maximum Gasteiger partial charge on any atom is 0.170 e. The first kappa shape index (κ1) is 16.5. The summed E-state index contributed by atoms with van der Waals surface area (Å²) in [7, 11) is 4.16. The van der Waals surface area contributed by atoms with Gasteiger partial charge in [-0.05, 0) is 56.5 Å². The Morgan fingerprint density at radius 3 is 2.45 bits per heavy atom. The van der Waals surface area contributed by atoms with Crippen LogP contribution in [0.1, 0.15) is 17.2 Å². The summed E-state index contributed by atoms with van der Waals surface area (Å²) in [5, 5.41) is 7.19. The zero-order chi connectivity index (χ0) is 15.9. The van der Waals surface area contributed by atoms with E-state index in [0.717, 1.165) is 12.2 Å². The second-order valence-electron chi connectivity index (χ2n) is 5.59. The molecule has 2 aromatic rings. The van der Waals surface area contributed by atoms with Crippen LogP contribution in [0.25, 0.3) is 0 Å². The van der Waals surface area contributed by atoms with Gasteiger partial charge < -0.3 is 15.5 Å². The van der Waals surface area contributed by atoms with Crippen molar-refractivity contribution in [1.82, 2.24) is 10.2 Å². The summed E-state index contributed by atoms with van der Waals surface area (Å²) in [4.78, 5) is 2.19. The fraction of sp³-hybridized carbons (Fsp3) is 0.278. The number of nitrogens with one attached hydrogen (secondary N) is 2. The van der Waals surface area contributed by atoms with Gasteiger partial charge in [0.15, 0.2) is 5.11 Å². The van der Waals surface area contributed by atoms with Gasteiger partial charge in [0, 0.05) is 12.2 Å². The monoisotopic (exact) mass is 313 g/mol. The summed E-state index contributed by atoms with van der Waals surface area (Å²) in [6, 6.07) is 18.9. The Labute approximate surface area is 138 Å². The summed E-state index contributed by atoms with van der Waals surface area (Å²) in [5.41, 5.74) is 3.50. The van der Waals surface area contributed by atoms with Crippen LogP contribution < -0.4 is 10.6 Å². The average molecular weight is 313 g/mol. The summed E-state index contributed by atoms with van der Waals surface area (Å²) >= 11 is 5.39. The third kappa shape index (κ3) is 4.83. The molecule has 116 valence electrons. The molecule has 0 amide bonds. The van der Waals surface area contributed by atoms with Crippen molar-refractivity contribution in [3.05, 3.63) is 65.7 Å². The fourth-order valence-electron chi connectivity index (χ4n) is 2.36. The number of hydrogen-bond acceptors (Lipinski definition) is 2. The molecule has 0 fully saturated rings. The number of benzene rings is 2. The molecule has 4 heteroatoms. The lowest BCUT2D eigenvalue weighted by Gasteiger charge is -2.25. The third-order valence-corrected chi connectivity index (χ3v) is 3.79. The van der Waals surface area contributed by atoms with Gasteiger partial charge in [-0.2, -0.15) is 0 Å². The Morgan fingerprint density at radius 1 is 1.09 bits per heavy atom. The van der Waals surface area contributed by atoms with Crippen LogP contribution in [-0.2, 0) is 0 Å². The largest absolute Gasteiger partial charge is 0.361 e. The number of hydrogen-bond donors (Lipinski definition) is 2. The Hall–Kier alpha value is -1.91. The smallest absolute Gasteiger partial charge is 0.170 e. The highest BCUT2D eigenvalue weighted by atomic mass is 32.1. The second-order valence-corrected chi connectivity index (χ2v) is 6.00. The van der Waals surface area contributed by atoms with Crippen molar-refractivity contribution < 1.29 is 0 Å². The van der Waals surface area contributed by atoms with Crippen LogP contribution in [0.15, 0.2) is 54.6 Å². The van der Waals surface area contributed by atoms with Gasteiger partial charge in [0.2, 0.25) is 0 Å². The molecular weight excluding hydrogens is 290 g/mol. The number of anilines is 1. The number of rotatable bonds is 5. The molecule has 22 heavy (non-hydrogen) atoms. The minimum Gasteiger partial charge on any atom is -0.361 e. The number of thiocarbonyl (C=S) groups is 1. The first-order chi connectivity index (χ1) is 10.6. The van der Waals surface area contributed by atoms with E-state index in [1.165, 1.54) is 11.1 Å². The highest BCUT2D eigenvalue weighted by molar-refractivity contribution is 7.80. The molecule has 0 heterocycles. The van der Waals surface area contributed by atoms with Crippen LogP contribution in [0.5, 0.6) is 0 Å². The summed E-state index contributed by atoms with van der Waals surface area (Å²) < 4.78 is 0. The van der Waals surface area contributed by atoms with Gasteiger partial charge in [-0.25, -0.2) is 0 Å². The molecule has 1 atom stereocenters. The van der Waals surface area contributed by atoms with Gasteiger partial charge in [-0.3, -0.25) is 0 Å². The average Bonchev–Trinajstić information content (AvgIpc) is 2.48. The van der Waals surface area contributed by atoms with Gasteiger partial charge in [-0.15, -0.1) is 0 Å². The molecular formula is C18H23N3S. The molecule has 2 rings (SSSR count). The molecule has 0 aliphatic heterocycles. The van der Waals surface area contributed by atoms with Crippen molar-refractivity contribution >= 4 is 23.0 Å². The Kier molecular flexibility index (Phi) is 5.92. The van der Waals surface area contributed by atoms with Crippen molar-refractivity contribution in [3.63, 3.8) is 0 Å². The van der Waals surface area contributed by atoms with E-state index in [0.29, 0.717) is 5.11 Å². The molecule has 0 saturated carbocycles. The van der Waals surface area contributed by atoms with Crippen LogP contribution in [0.3, 0.4) is 0 Å². The Balaban J connectivity index is 1.94. The lowest BCUT2D eigenvalue weighted by molar-refractivity contribution is 0.299. The molecule has 0 bridgehead atoms. The van der Waals surface area contributed by atoms with Crippen molar-refractivity contribution in [2.45, 2.75) is 13.0 Å². The van der Waals surface area contributed by atoms with Gasteiger partial charge in [0.1, 0.15) is 0 Å². The van der Waals surface area contributed by atoms with E-state index in [1.807, 2.05) is 18.2 Å². The lowest BCUT2D eigenvalue weighted by Crippen LogP contribution is -2.36. The van der Waals surface area contributed by atoms with Gasteiger partial charge in [-0.1, -0.05) is 42.5 Å². The quantitative estimate of drug-likeness (QED) is 0.825. The fourth-order valence-corrected chi connectivity index (χ4v) is 2.56. The van der Waals surface area contributed by atoms with Crippen molar-refractivity contribution in [3.8, 4) is 0 Å². The Morgan fingerprint density at radius 2 is 1.82 bits per heavy atom. The number of likely N-dealkylation sites (N-methyl/N-ethyl adjacent to an activating group) is 1. The van der Waals surface area contributed by atoms with Crippen LogP contribution in [0, 0.1) is 6.92 Å². The first-order valence-electron chi connectivity index (χ1n) is 7.39. The van der Waals surface area contributed by atoms with Crippen LogP contribution in [0.2, 0.25) is 0 Å². The van der Waals surface area contributed by atoms with Crippen molar-refractivity contribution in [2.24, 2.45) is 0 Å². The molecule has 0 aromatic heterocycles. The molecule has 2 N–H and O–H groups in total. The second kappa shape index (κ2) is 7.92. The van der Waals surface area contributed by atoms with E-state index in [9.17, 15) is 0 Å². The van der Waals surface area contributed by atoms with Gasteiger partial charge in [0.05, 0.1) is 6.04 Å². The molecule has 0 saturated heterocycles. The van der Waals surface area contributed by atoms with E-state index in [1.54, 1.807) is 0 Å². The van der Waals surface area contributed by atoms with Gasteiger partial charge >= 0.3 is 0 Å². The predicted octanol–water partition coefficient (Wildman–Crippen LogP) is 3.58. The molecule has 0 radical (unpaired) electrons. The molecule has 0 spiro atoms.